The van der Waals surface area contributed by atoms with Crippen LogP contribution in [0.2, 0.25) is 0 Å². The molecule has 0 unspecified atom stereocenters. The monoisotopic (exact) mass is 325 g/mol. The highest BCUT2D eigenvalue weighted by molar-refractivity contribution is 6.08. The third-order valence-corrected chi connectivity index (χ3v) is 4.40. The topological polar surface area (TPSA) is 118 Å². The molecule has 0 bridgehead atoms. The van der Waals surface area contributed by atoms with Gasteiger partial charge in [0.25, 0.3) is 0 Å². The third-order valence-electron chi connectivity index (χ3n) is 4.40. The minimum absolute atomic E-state index is 0.0565. The molecule has 3 amide bonds. The maximum atomic E-state index is 12.6. The Morgan fingerprint density at radius 3 is 2.17 bits per heavy atom. The van der Waals surface area contributed by atoms with Gasteiger partial charge >= 0.3 is 6.03 Å². The number of hydrogen-bond donors (Lipinski definition) is 3. The van der Waals surface area contributed by atoms with Gasteiger partial charge in [-0.2, -0.15) is 0 Å². The lowest BCUT2D eigenvalue weighted by Gasteiger charge is -2.40. The Labute approximate surface area is 136 Å². The van der Waals surface area contributed by atoms with Gasteiger partial charge in [-0.3, -0.25) is 14.4 Å². The van der Waals surface area contributed by atoms with Crippen LogP contribution in [0, 0.1) is 11.3 Å². The predicted molar refractivity (Wildman–Crippen MR) is 85.6 cm³/mol. The molecule has 0 heterocycles. The van der Waals surface area contributed by atoms with E-state index in [2.05, 4.69) is 10.6 Å². The lowest BCUT2D eigenvalue weighted by molar-refractivity contribution is -0.151. The SMILES string of the molecule is CC(=O)[C@H](CCCNC(N)=O)NC(=O)C1(C(=O)C(C)C)CCC1. The zero-order chi connectivity index (χ0) is 17.6. The summed E-state index contributed by atoms with van der Waals surface area (Å²) in [6, 6.07) is -1.26. The molecule has 7 heteroatoms. The summed E-state index contributed by atoms with van der Waals surface area (Å²) < 4.78 is 0. The van der Waals surface area contributed by atoms with Crippen LogP contribution in [0.1, 0.15) is 52.9 Å². The minimum atomic E-state index is -0.965. The molecule has 130 valence electrons. The van der Waals surface area contributed by atoms with Crippen LogP contribution in [0.3, 0.4) is 0 Å². The first-order chi connectivity index (χ1) is 10.7. The van der Waals surface area contributed by atoms with Crippen LogP contribution in [0.5, 0.6) is 0 Å². The van der Waals surface area contributed by atoms with Crippen molar-refractivity contribution in [3.8, 4) is 0 Å². The van der Waals surface area contributed by atoms with Crippen LogP contribution < -0.4 is 16.4 Å². The fraction of sp³-hybridized carbons (Fsp3) is 0.750. The van der Waals surface area contributed by atoms with E-state index in [1.165, 1.54) is 6.92 Å². The number of nitrogens with one attached hydrogen (secondary N) is 2. The van der Waals surface area contributed by atoms with Gasteiger partial charge in [0, 0.05) is 12.5 Å². The molecule has 0 saturated heterocycles. The number of carbonyl (C=O) groups excluding carboxylic acids is 4. The fourth-order valence-corrected chi connectivity index (χ4v) is 2.86. The van der Waals surface area contributed by atoms with Crippen LogP contribution in [0.15, 0.2) is 0 Å². The van der Waals surface area contributed by atoms with Crippen molar-refractivity contribution in [1.29, 1.82) is 0 Å². The van der Waals surface area contributed by atoms with Gasteiger partial charge in [0.2, 0.25) is 5.91 Å². The van der Waals surface area contributed by atoms with Crippen molar-refractivity contribution in [2.45, 2.75) is 58.9 Å². The standard InChI is InChI=1S/C16H27N3O4/c1-10(2)13(21)16(7-5-8-16)14(22)19-12(11(3)20)6-4-9-18-15(17)23/h10,12H,4-9H2,1-3H3,(H,19,22)(H3,17,18,23)/t12-/m0/s1. The average Bonchev–Trinajstić information content (AvgIpc) is 2.40. The number of carbonyl (C=O) groups is 4. The molecule has 23 heavy (non-hydrogen) atoms. The molecule has 7 nitrogen and oxygen atoms in total. The minimum Gasteiger partial charge on any atom is -0.352 e. The summed E-state index contributed by atoms with van der Waals surface area (Å²) in [5.74, 6) is -0.773. The largest absolute Gasteiger partial charge is 0.352 e. The molecule has 4 N–H and O–H groups in total. The molecule has 1 atom stereocenters. The number of amides is 3. The number of rotatable bonds is 9. The van der Waals surface area contributed by atoms with Crippen molar-refractivity contribution >= 4 is 23.5 Å². The Morgan fingerprint density at radius 2 is 1.78 bits per heavy atom. The van der Waals surface area contributed by atoms with Crippen LogP contribution in [-0.4, -0.2) is 36.1 Å². The van der Waals surface area contributed by atoms with E-state index < -0.39 is 17.5 Å². The predicted octanol–water partition coefficient (Wildman–Crippen LogP) is 0.904. The Hall–Kier alpha value is -1.92. The van der Waals surface area contributed by atoms with E-state index in [0.717, 1.165) is 6.42 Å². The van der Waals surface area contributed by atoms with Crippen molar-refractivity contribution in [1.82, 2.24) is 10.6 Å². The first-order valence-corrected chi connectivity index (χ1v) is 8.09. The molecule has 0 aromatic rings. The maximum absolute atomic E-state index is 12.6. The molecule has 1 rings (SSSR count). The molecule has 0 radical (unpaired) electrons. The first kappa shape index (κ1) is 19.1. The summed E-state index contributed by atoms with van der Waals surface area (Å²) in [5.41, 5.74) is 4.01. The molecule has 0 aliphatic heterocycles. The van der Waals surface area contributed by atoms with E-state index in [-0.39, 0.29) is 23.4 Å². The summed E-state index contributed by atoms with van der Waals surface area (Å²) in [4.78, 5) is 47.3. The van der Waals surface area contributed by atoms with Gasteiger partial charge in [0.05, 0.1) is 6.04 Å². The molecule has 0 aromatic heterocycles. The number of urea groups is 1. The maximum Gasteiger partial charge on any atom is 0.312 e. The lowest BCUT2D eigenvalue weighted by atomic mass is 9.63. The lowest BCUT2D eigenvalue weighted by Crippen LogP contribution is -2.55. The van der Waals surface area contributed by atoms with Crippen molar-refractivity contribution in [2.24, 2.45) is 17.1 Å². The van der Waals surface area contributed by atoms with E-state index in [1.54, 1.807) is 13.8 Å². The number of hydrogen-bond acceptors (Lipinski definition) is 4. The second-order valence-electron chi connectivity index (χ2n) is 6.52. The van der Waals surface area contributed by atoms with Gasteiger partial charge in [0.15, 0.2) is 11.6 Å². The first-order valence-electron chi connectivity index (χ1n) is 8.09. The molecule has 0 aromatic carbocycles. The Morgan fingerprint density at radius 1 is 1.17 bits per heavy atom. The van der Waals surface area contributed by atoms with E-state index in [4.69, 9.17) is 5.73 Å². The third kappa shape index (κ3) is 4.77. The number of nitrogens with two attached hydrogens (primary N) is 1. The van der Waals surface area contributed by atoms with Crippen molar-refractivity contribution in [2.75, 3.05) is 6.54 Å². The van der Waals surface area contributed by atoms with E-state index in [9.17, 15) is 19.2 Å². The van der Waals surface area contributed by atoms with Crippen molar-refractivity contribution in [3.05, 3.63) is 0 Å². The highest BCUT2D eigenvalue weighted by Crippen LogP contribution is 2.43. The van der Waals surface area contributed by atoms with Crippen LogP contribution in [0.25, 0.3) is 0 Å². The van der Waals surface area contributed by atoms with Crippen LogP contribution in [0.4, 0.5) is 4.79 Å². The molecule has 1 aliphatic carbocycles. The summed E-state index contributed by atoms with van der Waals surface area (Å²) >= 11 is 0. The second-order valence-corrected chi connectivity index (χ2v) is 6.52. The summed E-state index contributed by atoms with van der Waals surface area (Å²) in [6.07, 6.45) is 2.85. The quantitative estimate of drug-likeness (QED) is 0.431. The Kier molecular flexibility index (Phi) is 6.72. The van der Waals surface area contributed by atoms with E-state index in [0.29, 0.717) is 32.2 Å². The smallest absolute Gasteiger partial charge is 0.312 e. The highest BCUT2D eigenvalue weighted by Gasteiger charge is 2.51. The Balaban J connectivity index is 2.64. The highest BCUT2D eigenvalue weighted by atomic mass is 16.2. The zero-order valence-electron chi connectivity index (χ0n) is 14.1. The normalized spacial score (nSPS) is 17.0. The second kappa shape index (κ2) is 8.08. The number of primary amides is 1. The molecule has 1 fully saturated rings. The molecular weight excluding hydrogens is 298 g/mol. The van der Waals surface area contributed by atoms with Gasteiger partial charge in [-0.25, -0.2) is 4.79 Å². The average molecular weight is 325 g/mol. The van der Waals surface area contributed by atoms with E-state index >= 15 is 0 Å². The van der Waals surface area contributed by atoms with Gasteiger partial charge in [0.1, 0.15) is 5.41 Å². The van der Waals surface area contributed by atoms with Crippen LogP contribution in [-0.2, 0) is 14.4 Å². The van der Waals surface area contributed by atoms with Crippen molar-refractivity contribution in [3.63, 3.8) is 0 Å². The van der Waals surface area contributed by atoms with Crippen LogP contribution >= 0.6 is 0 Å². The van der Waals surface area contributed by atoms with Gasteiger partial charge in [-0.15, -0.1) is 0 Å². The molecule has 1 aliphatic rings. The zero-order valence-corrected chi connectivity index (χ0v) is 14.1. The van der Waals surface area contributed by atoms with Gasteiger partial charge in [-0.05, 0) is 32.6 Å². The number of Topliss-reactive ketones (excluding diaryl/α,β-unsaturated/α-hetero) is 2. The molecular formula is C16H27N3O4. The van der Waals surface area contributed by atoms with Gasteiger partial charge in [-0.1, -0.05) is 20.3 Å². The summed E-state index contributed by atoms with van der Waals surface area (Å²) in [5, 5.41) is 5.17. The molecule has 0 spiro atoms. The van der Waals surface area contributed by atoms with Crippen molar-refractivity contribution < 1.29 is 19.2 Å². The van der Waals surface area contributed by atoms with E-state index in [1.807, 2.05) is 0 Å². The fourth-order valence-electron chi connectivity index (χ4n) is 2.86. The molecule has 1 saturated carbocycles. The number of ketones is 2. The summed E-state index contributed by atoms with van der Waals surface area (Å²) in [7, 11) is 0. The van der Waals surface area contributed by atoms with Gasteiger partial charge < -0.3 is 16.4 Å². The Bertz CT molecular complexity index is 484. The summed E-state index contributed by atoms with van der Waals surface area (Å²) in [6.45, 7) is 5.32.